The van der Waals surface area contributed by atoms with E-state index in [4.69, 9.17) is 19.7 Å². The Kier molecular flexibility index (Phi) is 2.62. The quantitative estimate of drug-likeness (QED) is 0.488. The molecule has 0 radical (unpaired) electrons. The first-order valence-corrected chi connectivity index (χ1v) is 3.22. The van der Waals surface area contributed by atoms with Gasteiger partial charge in [-0.25, -0.2) is 0 Å². The number of rotatable bonds is 1. The van der Waals surface area contributed by atoms with Crippen molar-refractivity contribution in [3.63, 3.8) is 0 Å². The van der Waals surface area contributed by atoms with Gasteiger partial charge in [0.05, 0.1) is 13.2 Å². The lowest BCUT2D eigenvalue weighted by atomic mass is 10.1. The molecule has 0 spiro atoms. The summed E-state index contributed by atoms with van der Waals surface area (Å²) in [6.45, 7) is 0.491. The highest BCUT2D eigenvalue weighted by atomic mass is 16.5. The van der Waals surface area contributed by atoms with E-state index < -0.39 is 18.3 Å². The van der Waals surface area contributed by atoms with Crippen molar-refractivity contribution in [2.24, 2.45) is 0 Å². The summed E-state index contributed by atoms with van der Waals surface area (Å²) in [7, 11) is 1.46. The van der Waals surface area contributed by atoms with Crippen LogP contribution in [0, 0.1) is 0 Å². The maximum atomic E-state index is 9.13. The maximum Gasteiger partial charge on any atom is 0.113 e. The van der Waals surface area contributed by atoms with Gasteiger partial charge < -0.3 is 19.7 Å². The van der Waals surface area contributed by atoms with Crippen LogP contribution >= 0.6 is 0 Å². The van der Waals surface area contributed by atoms with E-state index in [0.29, 0.717) is 0 Å². The Bertz CT molecular complexity index is 95.9. The molecule has 1 aliphatic rings. The first kappa shape index (κ1) is 7.94. The van der Waals surface area contributed by atoms with Crippen LogP contribution in [0.25, 0.3) is 0 Å². The van der Waals surface area contributed by atoms with Crippen molar-refractivity contribution in [2.75, 3.05) is 20.3 Å². The number of aliphatic hydroxyl groups is 2. The van der Waals surface area contributed by atoms with Crippen LogP contribution < -0.4 is 0 Å². The molecule has 10 heavy (non-hydrogen) atoms. The lowest BCUT2D eigenvalue weighted by Crippen LogP contribution is -2.48. The lowest BCUT2D eigenvalue weighted by Gasteiger charge is -2.30. The highest BCUT2D eigenvalue weighted by molar-refractivity contribution is 4.80. The number of ether oxygens (including phenoxy) is 2. The molecule has 0 amide bonds. The molecule has 0 aromatic carbocycles. The fourth-order valence-corrected chi connectivity index (χ4v) is 1.07. The molecule has 0 bridgehead atoms. The van der Waals surface area contributed by atoms with Gasteiger partial charge in [-0.3, -0.25) is 0 Å². The van der Waals surface area contributed by atoms with Gasteiger partial charge in [0.25, 0.3) is 0 Å². The van der Waals surface area contributed by atoms with E-state index in [1.54, 1.807) is 0 Å². The van der Waals surface area contributed by atoms with Gasteiger partial charge in [0, 0.05) is 7.11 Å². The van der Waals surface area contributed by atoms with E-state index >= 15 is 0 Å². The van der Waals surface area contributed by atoms with Crippen LogP contribution in [0.15, 0.2) is 0 Å². The van der Waals surface area contributed by atoms with E-state index in [0.717, 1.165) is 0 Å². The van der Waals surface area contributed by atoms with Crippen LogP contribution in [-0.2, 0) is 9.47 Å². The van der Waals surface area contributed by atoms with Crippen molar-refractivity contribution in [3.8, 4) is 0 Å². The van der Waals surface area contributed by atoms with Crippen LogP contribution in [0.4, 0.5) is 0 Å². The fourth-order valence-electron chi connectivity index (χ4n) is 1.07. The predicted octanol–water partition coefficient (Wildman–Crippen LogP) is -1.25. The molecule has 0 aromatic heterocycles. The number of hydrogen-bond donors (Lipinski definition) is 2. The molecule has 1 aliphatic heterocycles. The number of aliphatic hydroxyl groups excluding tert-OH is 2. The zero-order chi connectivity index (χ0) is 7.56. The minimum Gasteiger partial charge on any atom is -0.388 e. The highest BCUT2D eigenvalue weighted by Crippen LogP contribution is 2.10. The SMILES string of the molecule is COC1C(O)COCC1O. The predicted molar refractivity (Wildman–Crippen MR) is 33.6 cm³/mol. The van der Waals surface area contributed by atoms with Crippen molar-refractivity contribution in [3.05, 3.63) is 0 Å². The summed E-state index contributed by atoms with van der Waals surface area (Å²) in [5, 5.41) is 18.3. The summed E-state index contributed by atoms with van der Waals surface area (Å²) >= 11 is 0. The van der Waals surface area contributed by atoms with Crippen LogP contribution in [0.2, 0.25) is 0 Å². The van der Waals surface area contributed by atoms with E-state index in [-0.39, 0.29) is 13.2 Å². The van der Waals surface area contributed by atoms with Crippen LogP contribution in [0.5, 0.6) is 0 Å². The highest BCUT2D eigenvalue weighted by Gasteiger charge is 2.31. The Morgan fingerprint density at radius 3 is 2.10 bits per heavy atom. The summed E-state index contributed by atoms with van der Waals surface area (Å²) in [5.41, 5.74) is 0. The van der Waals surface area contributed by atoms with Gasteiger partial charge in [0.1, 0.15) is 18.3 Å². The van der Waals surface area contributed by atoms with Gasteiger partial charge in [-0.15, -0.1) is 0 Å². The summed E-state index contributed by atoms with van der Waals surface area (Å²) in [4.78, 5) is 0. The van der Waals surface area contributed by atoms with Crippen LogP contribution in [-0.4, -0.2) is 48.8 Å². The molecule has 4 nitrogen and oxygen atoms in total. The largest absolute Gasteiger partial charge is 0.388 e. The van der Waals surface area contributed by atoms with Crippen molar-refractivity contribution in [1.82, 2.24) is 0 Å². The minimum atomic E-state index is -0.700. The van der Waals surface area contributed by atoms with Crippen molar-refractivity contribution in [1.29, 1.82) is 0 Å². The topological polar surface area (TPSA) is 58.9 Å². The van der Waals surface area contributed by atoms with Crippen molar-refractivity contribution < 1.29 is 19.7 Å². The Labute approximate surface area is 59.4 Å². The van der Waals surface area contributed by atoms with Crippen molar-refractivity contribution in [2.45, 2.75) is 18.3 Å². The molecule has 0 aromatic rings. The molecule has 4 heteroatoms. The average Bonchev–Trinajstić information content (AvgIpc) is 1.88. The fraction of sp³-hybridized carbons (Fsp3) is 1.00. The molecule has 2 N–H and O–H groups in total. The third kappa shape index (κ3) is 1.46. The first-order valence-electron chi connectivity index (χ1n) is 3.22. The van der Waals surface area contributed by atoms with Gasteiger partial charge >= 0.3 is 0 Å². The van der Waals surface area contributed by atoms with Crippen LogP contribution in [0.3, 0.4) is 0 Å². The Hall–Kier alpha value is -0.160. The Morgan fingerprint density at radius 1 is 1.30 bits per heavy atom. The van der Waals surface area contributed by atoms with Gasteiger partial charge in [-0.1, -0.05) is 0 Å². The molecule has 0 saturated carbocycles. The van der Waals surface area contributed by atoms with Crippen LogP contribution in [0.1, 0.15) is 0 Å². The minimum absolute atomic E-state index is 0.246. The smallest absolute Gasteiger partial charge is 0.113 e. The molecule has 0 aliphatic carbocycles. The zero-order valence-corrected chi connectivity index (χ0v) is 5.86. The summed E-state index contributed by atoms with van der Waals surface area (Å²) in [6.07, 6.45) is -1.89. The van der Waals surface area contributed by atoms with Gasteiger partial charge in [0.15, 0.2) is 0 Å². The molecule has 60 valence electrons. The second-order valence-corrected chi connectivity index (χ2v) is 2.37. The average molecular weight is 148 g/mol. The summed E-state index contributed by atoms with van der Waals surface area (Å²) < 4.78 is 9.68. The van der Waals surface area contributed by atoms with Gasteiger partial charge in [0.2, 0.25) is 0 Å². The third-order valence-electron chi connectivity index (χ3n) is 1.61. The normalized spacial score (nSPS) is 41.7. The molecule has 2 atom stereocenters. The third-order valence-corrected chi connectivity index (χ3v) is 1.61. The second kappa shape index (κ2) is 3.30. The lowest BCUT2D eigenvalue weighted by molar-refractivity contribution is -0.162. The van der Waals surface area contributed by atoms with Gasteiger partial charge in [-0.05, 0) is 0 Å². The molecule has 1 fully saturated rings. The Morgan fingerprint density at radius 2 is 1.80 bits per heavy atom. The molecule has 1 saturated heterocycles. The first-order chi connectivity index (χ1) is 4.75. The monoisotopic (exact) mass is 148 g/mol. The standard InChI is InChI=1S/C6H12O4/c1-9-6-4(7)2-10-3-5(6)8/h4-8H,2-3H2,1H3. The zero-order valence-electron chi connectivity index (χ0n) is 5.86. The summed E-state index contributed by atoms with van der Waals surface area (Å²) in [5.74, 6) is 0. The number of methoxy groups -OCH3 is 1. The molecular weight excluding hydrogens is 136 g/mol. The molecule has 2 unspecified atom stereocenters. The summed E-state index contributed by atoms with van der Waals surface area (Å²) in [6, 6.07) is 0. The molecule has 1 rings (SSSR count). The number of hydrogen-bond acceptors (Lipinski definition) is 4. The van der Waals surface area contributed by atoms with Gasteiger partial charge in [-0.2, -0.15) is 0 Å². The second-order valence-electron chi connectivity index (χ2n) is 2.37. The van der Waals surface area contributed by atoms with Crippen molar-refractivity contribution >= 4 is 0 Å². The van der Waals surface area contributed by atoms with E-state index in [1.807, 2.05) is 0 Å². The Balaban J connectivity index is 2.45. The maximum absolute atomic E-state index is 9.13. The molecule has 1 heterocycles. The molecular formula is C6H12O4. The van der Waals surface area contributed by atoms with E-state index in [1.165, 1.54) is 7.11 Å². The van der Waals surface area contributed by atoms with E-state index in [9.17, 15) is 0 Å². The van der Waals surface area contributed by atoms with E-state index in [2.05, 4.69) is 0 Å².